The first kappa shape index (κ1) is 22.4. The number of anilines is 1. The van der Waals surface area contributed by atoms with Crippen molar-refractivity contribution in [3.63, 3.8) is 0 Å². The Bertz CT molecular complexity index is 793. The highest BCUT2D eigenvalue weighted by Crippen LogP contribution is 2.29. The van der Waals surface area contributed by atoms with Crippen molar-refractivity contribution >= 4 is 21.6 Å². The number of methoxy groups -OCH3 is 1. The van der Waals surface area contributed by atoms with Gasteiger partial charge in [-0.25, -0.2) is 13.1 Å². The van der Waals surface area contributed by atoms with Gasteiger partial charge in [-0.3, -0.25) is 4.79 Å². The number of hydrogen-bond acceptors (Lipinski definition) is 5. The number of amides is 1. The van der Waals surface area contributed by atoms with E-state index in [1.807, 2.05) is 0 Å². The molecule has 0 radical (unpaired) electrons. The van der Waals surface area contributed by atoms with Gasteiger partial charge in [0.1, 0.15) is 17.2 Å². The van der Waals surface area contributed by atoms with Gasteiger partial charge >= 0.3 is 6.18 Å². The average Bonchev–Trinajstić information content (AvgIpc) is 2.65. The Labute approximate surface area is 161 Å². The van der Waals surface area contributed by atoms with Gasteiger partial charge in [-0.15, -0.1) is 0 Å². The van der Waals surface area contributed by atoms with Crippen LogP contribution in [0.4, 0.5) is 18.9 Å². The van der Waals surface area contributed by atoms with Gasteiger partial charge in [-0.2, -0.15) is 13.2 Å². The van der Waals surface area contributed by atoms with E-state index in [0.717, 1.165) is 38.2 Å². The molecule has 0 heterocycles. The average molecular weight is 423 g/mol. The summed E-state index contributed by atoms with van der Waals surface area (Å²) in [7, 11) is -3.27. The van der Waals surface area contributed by atoms with Gasteiger partial charge in [0.05, 0.1) is 13.2 Å². The molecule has 28 heavy (non-hydrogen) atoms. The number of ether oxygens (including phenoxy) is 1. The standard InChI is InChI=1S/C17H24F3N3O4S/c1-27-13-9-12(23-16(24)15(21)11-5-3-2-4-6-11)7-8-14(13)28(25,26)22-10-17(18,19)20/h7-9,11,15,22H,2-6,10,21H2,1H3,(H,23,24)/t15-/m0/s1. The van der Waals surface area contributed by atoms with Crippen molar-refractivity contribution in [2.24, 2.45) is 11.7 Å². The number of rotatable bonds is 7. The SMILES string of the molecule is COc1cc(NC(=O)[C@@H](N)C2CCCCC2)ccc1S(=O)(=O)NCC(F)(F)F. The second-order valence-electron chi connectivity index (χ2n) is 6.72. The van der Waals surface area contributed by atoms with Gasteiger partial charge in [-0.1, -0.05) is 19.3 Å². The Hall–Kier alpha value is -1.85. The lowest BCUT2D eigenvalue weighted by molar-refractivity contribution is -0.121. The summed E-state index contributed by atoms with van der Waals surface area (Å²) in [5.74, 6) is -0.514. The van der Waals surface area contributed by atoms with Crippen molar-refractivity contribution in [3.05, 3.63) is 18.2 Å². The molecule has 0 aliphatic heterocycles. The Balaban J connectivity index is 2.12. The number of carbonyl (C=O) groups excluding carboxylic acids is 1. The monoisotopic (exact) mass is 423 g/mol. The van der Waals surface area contributed by atoms with Crippen LogP contribution in [-0.4, -0.2) is 40.2 Å². The molecule has 1 aromatic carbocycles. The Morgan fingerprint density at radius 2 is 1.93 bits per heavy atom. The summed E-state index contributed by atoms with van der Waals surface area (Å²) in [6.07, 6.45) is 0.234. The third-order valence-electron chi connectivity index (χ3n) is 4.64. The molecular formula is C17H24F3N3O4S. The maximum Gasteiger partial charge on any atom is 0.402 e. The molecule has 11 heteroatoms. The van der Waals surface area contributed by atoms with E-state index >= 15 is 0 Å². The molecule has 2 rings (SSSR count). The smallest absolute Gasteiger partial charge is 0.402 e. The second kappa shape index (κ2) is 9.10. The van der Waals surface area contributed by atoms with Gasteiger partial charge in [0.15, 0.2) is 0 Å². The normalized spacial score (nSPS) is 17.2. The van der Waals surface area contributed by atoms with Crippen LogP contribution in [0, 0.1) is 5.92 Å². The summed E-state index contributed by atoms with van der Waals surface area (Å²) >= 11 is 0. The molecule has 0 saturated heterocycles. The van der Waals surface area contributed by atoms with Gasteiger partial charge in [0.2, 0.25) is 15.9 Å². The van der Waals surface area contributed by atoms with E-state index in [-0.39, 0.29) is 17.4 Å². The number of nitrogens with two attached hydrogens (primary N) is 1. The first-order valence-electron chi connectivity index (χ1n) is 8.84. The lowest BCUT2D eigenvalue weighted by atomic mass is 9.84. The Morgan fingerprint density at radius 3 is 2.50 bits per heavy atom. The first-order chi connectivity index (χ1) is 13.0. The minimum absolute atomic E-state index is 0.0851. The van der Waals surface area contributed by atoms with Crippen LogP contribution in [0.5, 0.6) is 5.75 Å². The molecule has 0 spiro atoms. The molecule has 1 aliphatic carbocycles. The van der Waals surface area contributed by atoms with E-state index in [1.165, 1.54) is 24.0 Å². The third kappa shape index (κ3) is 6.08. The predicted octanol–water partition coefficient (Wildman–Crippen LogP) is 2.38. The topological polar surface area (TPSA) is 111 Å². The Kier molecular flexibility index (Phi) is 7.29. The molecule has 158 valence electrons. The van der Waals surface area contributed by atoms with Gasteiger partial charge in [0.25, 0.3) is 0 Å². The summed E-state index contributed by atoms with van der Waals surface area (Å²) in [6, 6.07) is 2.88. The number of nitrogens with one attached hydrogen (secondary N) is 2. The van der Waals surface area contributed by atoms with Crippen LogP contribution in [0.15, 0.2) is 23.1 Å². The third-order valence-corrected chi connectivity index (χ3v) is 6.08. The highest BCUT2D eigenvalue weighted by molar-refractivity contribution is 7.89. The van der Waals surface area contributed by atoms with E-state index in [4.69, 9.17) is 10.5 Å². The molecule has 1 amide bonds. The predicted molar refractivity (Wildman–Crippen MR) is 97.4 cm³/mol. The van der Waals surface area contributed by atoms with Crippen LogP contribution in [0.25, 0.3) is 0 Å². The molecule has 1 atom stereocenters. The molecule has 1 fully saturated rings. The number of alkyl halides is 3. The largest absolute Gasteiger partial charge is 0.495 e. The lowest BCUT2D eigenvalue weighted by Crippen LogP contribution is -2.42. The lowest BCUT2D eigenvalue weighted by Gasteiger charge is -2.26. The molecule has 0 aromatic heterocycles. The Morgan fingerprint density at radius 1 is 1.29 bits per heavy atom. The van der Waals surface area contributed by atoms with Crippen molar-refractivity contribution < 1.29 is 31.1 Å². The van der Waals surface area contributed by atoms with Crippen LogP contribution >= 0.6 is 0 Å². The van der Waals surface area contributed by atoms with E-state index < -0.39 is 39.6 Å². The molecule has 1 aromatic rings. The van der Waals surface area contributed by atoms with Gasteiger partial charge < -0.3 is 15.8 Å². The highest BCUT2D eigenvalue weighted by atomic mass is 32.2. The number of halogens is 3. The molecule has 0 bridgehead atoms. The quantitative estimate of drug-likeness (QED) is 0.624. The molecule has 0 unspecified atom stereocenters. The van der Waals surface area contributed by atoms with E-state index in [1.54, 1.807) is 0 Å². The van der Waals surface area contributed by atoms with Crippen molar-refractivity contribution in [2.45, 2.75) is 49.2 Å². The maximum absolute atomic E-state index is 12.4. The van der Waals surface area contributed by atoms with E-state index in [0.29, 0.717) is 0 Å². The molecule has 1 saturated carbocycles. The molecule has 1 aliphatic rings. The van der Waals surface area contributed by atoms with Crippen LogP contribution in [0.2, 0.25) is 0 Å². The van der Waals surface area contributed by atoms with Crippen molar-refractivity contribution in [3.8, 4) is 5.75 Å². The number of hydrogen-bond donors (Lipinski definition) is 3. The summed E-state index contributed by atoms with van der Waals surface area (Å²) < 4.78 is 67.6. The fraction of sp³-hybridized carbons (Fsp3) is 0.588. The minimum Gasteiger partial charge on any atom is -0.495 e. The summed E-state index contributed by atoms with van der Waals surface area (Å²) in [4.78, 5) is 11.9. The number of benzene rings is 1. The van der Waals surface area contributed by atoms with Gasteiger partial charge in [0, 0.05) is 11.8 Å². The summed E-state index contributed by atoms with van der Waals surface area (Å²) in [5, 5.41) is 2.61. The zero-order valence-electron chi connectivity index (χ0n) is 15.4. The van der Waals surface area contributed by atoms with E-state index in [9.17, 15) is 26.4 Å². The fourth-order valence-electron chi connectivity index (χ4n) is 3.15. The van der Waals surface area contributed by atoms with Crippen molar-refractivity contribution in [1.82, 2.24) is 4.72 Å². The van der Waals surface area contributed by atoms with Crippen LogP contribution in [0.1, 0.15) is 32.1 Å². The highest BCUT2D eigenvalue weighted by Gasteiger charge is 2.31. The molecular weight excluding hydrogens is 399 g/mol. The second-order valence-corrected chi connectivity index (χ2v) is 8.45. The number of sulfonamides is 1. The van der Waals surface area contributed by atoms with E-state index in [2.05, 4.69) is 5.32 Å². The zero-order valence-corrected chi connectivity index (χ0v) is 16.2. The zero-order chi connectivity index (χ0) is 20.9. The summed E-state index contributed by atoms with van der Waals surface area (Å²) in [5.41, 5.74) is 6.27. The van der Waals surface area contributed by atoms with Crippen molar-refractivity contribution in [1.29, 1.82) is 0 Å². The summed E-state index contributed by atoms with van der Waals surface area (Å²) in [6.45, 7) is -1.70. The minimum atomic E-state index is -4.69. The number of carbonyl (C=O) groups is 1. The van der Waals surface area contributed by atoms with Crippen LogP contribution in [-0.2, 0) is 14.8 Å². The maximum atomic E-state index is 12.4. The van der Waals surface area contributed by atoms with Crippen molar-refractivity contribution in [2.75, 3.05) is 19.0 Å². The van der Waals surface area contributed by atoms with Crippen LogP contribution < -0.4 is 20.5 Å². The van der Waals surface area contributed by atoms with Crippen LogP contribution in [0.3, 0.4) is 0 Å². The molecule has 4 N–H and O–H groups in total. The molecule has 7 nitrogen and oxygen atoms in total. The first-order valence-corrected chi connectivity index (χ1v) is 10.3. The fourth-order valence-corrected chi connectivity index (χ4v) is 4.32. The van der Waals surface area contributed by atoms with Gasteiger partial charge in [-0.05, 0) is 30.9 Å².